The number of nitrogens with one attached hydrogen (secondary N) is 2. The standard InChI is InChI=1S/C27H26ClN5O3/c1-35-19-11-7-17(8-12-19)15-25(34)30-26-31-27-29-23(18-9-13-20(36-2)14-10-18)16-24(33(27)32-26)21-5-3-4-6-22(21)28/h3-14,23-24H,15-16H2,1-2H3,(H2,29,30,31,32,34)/t23-,24+/m1/s1. The molecule has 0 bridgehead atoms. The van der Waals surface area contributed by atoms with E-state index in [2.05, 4.69) is 20.7 Å². The molecule has 0 saturated heterocycles. The number of hydrogen-bond donors (Lipinski definition) is 2. The Morgan fingerprint density at radius 3 is 2.36 bits per heavy atom. The molecular formula is C27H26ClN5O3. The lowest BCUT2D eigenvalue weighted by Crippen LogP contribution is -2.28. The van der Waals surface area contributed by atoms with Crippen LogP contribution in [0.2, 0.25) is 5.02 Å². The number of anilines is 2. The number of nitrogens with zero attached hydrogens (tertiary/aromatic N) is 3. The smallest absolute Gasteiger partial charge is 0.250 e. The summed E-state index contributed by atoms with van der Waals surface area (Å²) in [4.78, 5) is 17.3. The van der Waals surface area contributed by atoms with Gasteiger partial charge in [-0.15, -0.1) is 5.10 Å². The summed E-state index contributed by atoms with van der Waals surface area (Å²) >= 11 is 6.58. The van der Waals surface area contributed by atoms with Gasteiger partial charge in [-0.05, 0) is 53.4 Å². The third-order valence-electron chi connectivity index (χ3n) is 6.25. The number of amides is 1. The second-order valence-corrected chi connectivity index (χ2v) is 8.93. The van der Waals surface area contributed by atoms with Crippen LogP contribution in [0.4, 0.5) is 11.9 Å². The number of methoxy groups -OCH3 is 2. The molecule has 2 N–H and O–H groups in total. The number of rotatable bonds is 7. The van der Waals surface area contributed by atoms with Crippen molar-refractivity contribution in [1.82, 2.24) is 14.8 Å². The van der Waals surface area contributed by atoms with Crippen molar-refractivity contribution < 1.29 is 14.3 Å². The Labute approximate surface area is 214 Å². The molecule has 2 heterocycles. The van der Waals surface area contributed by atoms with Crippen molar-refractivity contribution in [3.63, 3.8) is 0 Å². The molecule has 0 radical (unpaired) electrons. The van der Waals surface area contributed by atoms with E-state index in [4.69, 9.17) is 21.1 Å². The summed E-state index contributed by atoms with van der Waals surface area (Å²) in [7, 11) is 3.26. The summed E-state index contributed by atoms with van der Waals surface area (Å²) in [6, 6.07) is 22.8. The lowest BCUT2D eigenvalue weighted by molar-refractivity contribution is -0.115. The van der Waals surface area contributed by atoms with E-state index in [0.717, 1.165) is 28.2 Å². The summed E-state index contributed by atoms with van der Waals surface area (Å²) in [6.07, 6.45) is 0.898. The van der Waals surface area contributed by atoms with Gasteiger partial charge in [-0.2, -0.15) is 4.98 Å². The molecule has 8 nitrogen and oxygen atoms in total. The van der Waals surface area contributed by atoms with E-state index in [9.17, 15) is 4.79 Å². The molecule has 2 atom stereocenters. The number of halogens is 1. The minimum Gasteiger partial charge on any atom is -0.497 e. The van der Waals surface area contributed by atoms with Gasteiger partial charge in [0.15, 0.2) is 0 Å². The van der Waals surface area contributed by atoms with Gasteiger partial charge >= 0.3 is 0 Å². The number of fused-ring (bicyclic) bond motifs is 1. The number of carbonyl (C=O) groups is 1. The predicted octanol–water partition coefficient (Wildman–Crippen LogP) is 5.28. The lowest BCUT2D eigenvalue weighted by atomic mass is 9.93. The molecule has 1 amide bonds. The van der Waals surface area contributed by atoms with Crippen LogP contribution in [0.15, 0.2) is 72.8 Å². The van der Waals surface area contributed by atoms with Crippen LogP contribution < -0.4 is 20.1 Å². The van der Waals surface area contributed by atoms with Crippen LogP contribution in [0.1, 0.15) is 35.2 Å². The van der Waals surface area contributed by atoms with E-state index in [0.29, 0.717) is 17.4 Å². The number of carbonyl (C=O) groups excluding carboxylic acids is 1. The molecule has 36 heavy (non-hydrogen) atoms. The summed E-state index contributed by atoms with van der Waals surface area (Å²) in [5.74, 6) is 2.13. The van der Waals surface area contributed by atoms with Crippen LogP contribution in [0.5, 0.6) is 11.5 Å². The first-order chi connectivity index (χ1) is 17.5. The summed E-state index contributed by atoms with van der Waals surface area (Å²) < 4.78 is 12.3. The molecule has 1 aliphatic rings. The number of aromatic nitrogens is 3. The fourth-order valence-corrected chi connectivity index (χ4v) is 4.65. The third-order valence-corrected chi connectivity index (χ3v) is 6.59. The van der Waals surface area contributed by atoms with Gasteiger partial charge in [0.05, 0.1) is 32.7 Å². The van der Waals surface area contributed by atoms with Gasteiger partial charge in [-0.3, -0.25) is 10.1 Å². The van der Waals surface area contributed by atoms with Gasteiger partial charge in [0.25, 0.3) is 5.95 Å². The Kier molecular flexibility index (Phi) is 6.77. The molecule has 0 unspecified atom stereocenters. The Morgan fingerprint density at radius 1 is 1.03 bits per heavy atom. The maximum atomic E-state index is 12.7. The molecule has 184 valence electrons. The predicted molar refractivity (Wildman–Crippen MR) is 139 cm³/mol. The quantitative estimate of drug-likeness (QED) is 0.357. The summed E-state index contributed by atoms with van der Waals surface area (Å²) in [5.41, 5.74) is 2.90. The Morgan fingerprint density at radius 2 is 1.69 bits per heavy atom. The highest BCUT2D eigenvalue weighted by Gasteiger charge is 2.32. The van der Waals surface area contributed by atoms with Crippen LogP contribution in [0.3, 0.4) is 0 Å². The molecule has 0 fully saturated rings. The first-order valence-corrected chi connectivity index (χ1v) is 12.0. The van der Waals surface area contributed by atoms with Gasteiger partial charge in [-0.1, -0.05) is 54.1 Å². The zero-order valence-electron chi connectivity index (χ0n) is 19.9. The van der Waals surface area contributed by atoms with Crippen molar-refractivity contribution in [3.8, 4) is 11.5 Å². The maximum absolute atomic E-state index is 12.7. The first-order valence-electron chi connectivity index (χ1n) is 11.6. The SMILES string of the molecule is COc1ccc(CC(=O)Nc2nc3n(n2)[C@H](c2ccccc2Cl)C[C@H](c2ccc(OC)cc2)N3)cc1. The van der Waals surface area contributed by atoms with E-state index in [1.165, 1.54) is 0 Å². The average Bonchev–Trinajstić information content (AvgIpc) is 3.31. The Hall–Kier alpha value is -4.04. The monoisotopic (exact) mass is 503 g/mol. The number of benzene rings is 3. The van der Waals surface area contributed by atoms with E-state index in [1.54, 1.807) is 18.9 Å². The zero-order chi connectivity index (χ0) is 25.1. The van der Waals surface area contributed by atoms with E-state index >= 15 is 0 Å². The molecule has 1 aromatic heterocycles. The second kappa shape index (κ2) is 10.3. The highest BCUT2D eigenvalue weighted by molar-refractivity contribution is 6.31. The Bertz CT molecular complexity index is 1350. The molecule has 9 heteroatoms. The van der Waals surface area contributed by atoms with Crippen molar-refractivity contribution in [2.45, 2.75) is 24.9 Å². The van der Waals surface area contributed by atoms with Gasteiger partial charge < -0.3 is 14.8 Å². The first kappa shape index (κ1) is 23.7. The van der Waals surface area contributed by atoms with Crippen LogP contribution >= 0.6 is 11.6 Å². The van der Waals surface area contributed by atoms with Crippen molar-refractivity contribution in [1.29, 1.82) is 0 Å². The highest BCUT2D eigenvalue weighted by Crippen LogP contribution is 2.40. The average molecular weight is 504 g/mol. The molecule has 5 rings (SSSR count). The minimum atomic E-state index is -0.205. The van der Waals surface area contributed by atoms with Gasteiger partial charge in [0.2, 0.25) is 11.9 Å². The largest absolute Gasteiger partial charge is 0.497 e. The summed E-state index contributed by atoms with van der Waals surface area (Å²) in [6.45, 7) is 0. The van der Waals surface area contributed by atoms with E-state index < -0.39 is 0 Å². The van der Waals surface area contributed by atoms with Crippen LogP contribution in [0, 0.1) is 0 Å². The lowest BCUT2D eigenvalue weighted by Gasteiger charge is -2.32. The van der Waals surface area contributed by atoms with Crippen LogP contribution in [-0.2, 0) is 11.2 Å². The topological polar surface area (TPSA) is 90.3 Å². The van der Waals surface area contributed by atoms with Gasteiger partial charge in [-0.25, -0.2) is 4.68 Å². The van der Waals surface area contributed by atoms with E-state index in [-0.39, 0.29) is 30.4 Å². The maximum Gasteiger partial charge on any atom is 0.250 e. The highest BCUT2D eigenvalue weighted by atomic mass is 35.5. The molecule has 0 aliphatic carbocycles. The molecule has 0 spiro atoms. The van der Waals surface area contributed by atoms with Gasteiger partial charge in [0, 0.05) is 5.02 Å². The van der Waals surface area contributed by atoms with Crippen molar-refractivity contribution in [2.75, 3.05) is 24.9 Å². The number of ether oxygens (including phenoxy) is 2. The van der Waals surface area contributed by atoms with Crippen LogP contribution in [-0.4, -0.2) is 34.9 Å². The normalized spacial score (nSPS) is 16.5. The molecular weight excluding hydrogens is 478 g/mol. The van der Waals surface area contributed by atoms with Crippen molar-refractivity contribution >= 4 is 29.4 Å². The zero-order valence-corrected chi connectivity index (χ0v) is 20.7. The fraction of sp³-hybridized carbons (Fsp3) is 0.222. The summed E-state index contributed by atoms with van der Waals surface area (Å²) in [5, 5.41) is 11.6. The molecule has 1 aliphatic heterocycles. The minimum absolute atomic E-state index is 0.0308. The Balaban J connectivity index is 1.41. The third kappa shape index (κ3) is 4.99. The number of hydrogen-bond acceptors (Lipinski definition) is 6. The fourth-order valence-electron chi connectivity index (χ4n) is 4.39. The second-order valence-electron chi connectivity index (χ2n) is 8.52. The molecule has 3 aromatic carbocycles. The molecule has 0 saturated carbocycles. The van der Waals surface area contributed by atoms with Gasteiger partial charge in [0.1, 0.15) is 11.5 Å². The van der Waals surface area contributed by atoms with Crippen LogP contribution in [0.25, 0.3) is 0 Å². The van der Waals surface area contributed by atoms with E-state index in [1.807, 2.05) is 72.8 Å². The van der Waals surface area contributed by atoms with Crippen molar-refractivity contribution in [2.24, 2.45) is 0 Å². The molecule has 4 aromatic rings. The van der Waals surface area contributed by atoms with Crippen molar-refractivity contribution in [3.05, 3.63) is 94.5 Å².